The summed E-state index contributed by atoms with van der Waals surface area (Å²) in [7, 11) is 0. The summed E-state index contributed by atoms with van der Waals surface area (Å²) in [6.45, 7) is 6.16. The molecule has 0 amide bonds. The quantitative estimate of drug-likeness (QED) is 0.172. The highest BCUT2D eigenvalue weighted by Gasteiger charge is 2.51. The van der Waals surface area contributed by atoms with Crippen LogP contribution in [0.2, 0.25) is 0 Å². The normalized spacial score (nSPS) is 14.6. The Kier molecular flexibility index (Phi) is 6.50. The van der Waals surface area contributed by atoms with Gasteiger partial charge in [-0.25, -0.2) is 0 Å². The van der Waals surface area contributed by atoms with Gasteiger partial charge in [0.15, 0.2) is 0 Å². The fourth-order valence-corrected chi connectivity index (χ4v) is 9.22. The van der Waals surface area contributed by atoms with Gasteiger partial charge in [-0.15, -0.1) is 0 Å². The summed E-state index contributed by atoms with van der Waals surface area (Å²) in [6, 6.07) is 56.5. The molecule has 54 heavy (non-hydrogen) atoms. The van der Waals surface area contributed by atoms with Gasteiger partial charge in [0, 0.05) is 50.1 Å². The van der Waals surface area contributed by atoms with E-state index < -0.39 is 5.41 Å². The topological polar surface area (TPSA) is 30.5 Å². The summed E-state index contributed by atoms with van der Waals surface area (Å²) in [6.07, 6.45) is 6.07. The summed E-state index contributed by atoms with van der Waals surface area (Å²) >= 11 is 0. The minimum atomic E-state index is -0.693. The van der Waals surface area contributed by atoms with Gasteiger partial charge >= 0.3 is 0 Å². The van der Waals surface area contributed by atoms with E-state index in [2.05, 4.69) is 175 Å². The molecule has 2 aliphatic rings. The van der Waals surface area contributed by atoms with Gasteiger partial charge in [-0.1, -0.05) is 116 Å². The molecule has 4 nitrogen and oxygen atoms in total. The average molecular weight is 695 g/mol. The summed E-state index contributed by atoms with van der Waals surface area (Å²) < 4.78 is 15.6. The number of hydrogen-bond donors (Lipinski definition) is 0. The minimum absolute atomic E-state index is 0.693. The van der Waals surface area contributed by atoms with Crippen LogP contribution >= 0.6 is 0 Å². The summed E-state index contributed by atoms with van der Waals surface area (Å²) in [5, 5.41) is 4.55. The van der Waals surface area contributed by atoms with Gasteiger partial charge in [0.25, 0.3) is 0 Å². The van der Waals surface area contributed by atoms with Gasteiger partial charge in [-0.05, 0) is 78.7 Å². The molecule has 7 aromatic carbocycles. The van der Waals surface area contributed by atoms with Crippen LogP contribution in [0.4, 0.5) is 17.1 Å². The largest absolute Gasteiger partial charge is 0.461 e. The molecule has 1 spiro atoms. The number of nitrogens with zero attached hydrogens (tertiary/aromatic N) is 2. The van der Waals surface area contributed by atoms with Crippen molar-refractivity contribution in [3.63, 3.8) is 0 Å². The molecule has 256 valence electrons. The molecule has 4 heterocycles. The second kappa shape index (κ2) is 11.5. The third kappa shape index (κ3) is 4.08. The highest BCUT2D eigenvalue weighted by molar-refractivity contribution is 6.11. The Morgan fingerprint density at radius 3 is 2.00 bits per heavy atom. The Morgan fingerprint density at radius 1 is 0.556 bits per heavy atom. The molecule has 4 heteroatoms. The number of benzene rings is 7. The molecule has 0 bridgehead atoms. The van der Waals surface area contributed by atoms with E-state index in [4.69, 9.17) is 9.15 Å². The molecule has 0 atom stereocenters. The Morgan fingerprint density at radius 2 is 1.22 bits per heavy atom. The van der Waals surface area contributed by atoms with Crippen LogP contribution < -0.4 is 9.64 Å². The standard InChI is InChI=1S/C50H34N2O2/c1-3-4-20-39-32(2)53-49-31-46-37(35-18-8-12-23-43(35)52(46)34-27-28-48-38(29-34)36-19-9-15-26-47(36)54-48)30-42(49)50(39)40-21-10-13-24-44(40)51(33-16-6-5-7-17-33)45-25-14-11-22-41(45)50/h3-31H,1H2,2H3/b20-4-. The molecule has 0 saturated heterocycles. The van der Waals surface area contributed by atoms with Crippen LogP contribution in [-0.2, 0) is 5.41 Å². The van der Waals surface area contributed by atoms with Crippen molar-refractivity contribution in [2.45, 2.75) is 12.3 Å². The van der Waals surface area contributed by atoms with E-state index in [1.807, 2.05) is 24.3 Å². The predicted molar refractivity (Wildman–Crippen MR) is 222 cm³/mol. The van der Waals surface area contributed by atoms with Crippen molar-refractivity contribution >= 4 is 60.8 Å². The molecular weight excluding hydrogens is 661 g/mol. The van der Waals surface area contributed by atoms with Crippen LogP contribution in [0, 0.1) is 0 Å². The van der Waals surface area contributed by atoms with Crippen molar-refractivity contribution in [1.82, 2.24) is 4.57 Å². The zero-order chi connectivity index (χ0) is 36.0. The molecule has 2 aromatic heterocycles. The monoisotopic (exact) mass is 694 g/mol. The van der Waals surface area contributed by atoms with Gasteiger partial charge in [-0.2, -0.15) is 0 Å². The number of para-hydroxylation sites is 5. The van der Waals surface area contributed by atoms with E-state index in [9.17, 15) is 0 Å². The Hall–Kier alpha value is -7.04. The molecular formula is C50H34N2O2. The van der Waals surface area contributed by atoms with E-state index in [0.717, 1.165) is 83.8 Å². The third-order valence-electron chi connectivity index (χ3n) is 11.4. The van der Waals surface area contributed by atoms with Gasteiger partial charge in [0.2, 0.25) is 0 Å². The Labute approximate surface area is 312 Å². The van der Waals surface area contributed by atoms with Crippen molar-refractivity contribution in [2.24, 2.45) is 0 Å². The molecule has 0 aliphatic carbocycles. The zero-order valence-corrected chi connectivity index (χ0v) is 29.7. The Balaban J connectivity index is 1.25. The van der Waals surface area contributed by atoms with E-state index in [0.29, 0.717) is 0 Å². The van der Waals surface area contributed by atoms with Crippen LogP contribution in [0.5, 0.6) is 5.75 Å². The fourth-order valence-electron chi connectivity index (χ4n) is 9.22. The number of rotatable bonds is 4. The average Bonchev–Trinajstić information content (AvgIpc) is 3.75. The van der Waals surface area contributed by atoms with Gasteiger partial charge < -0.3 is 18.6 Å². The number of ether oxygens (including phenoxy) is 1. The van der Waals surface area contributed by atoms with Crippen LogP contribution in [0.3, 0.4) is 0 Å². The van der Waals surface area contributed by atoms with Gasteiger partial charge in [0.05, 0.1) is 27.8 Å². The van der Waals surface area contributed by atoms with Crippen molar-refractivity contribution in [3.8, 4) is 11.4 Å². The first-order valence-electron chi connectivity index (χ1n) is 18.4. The first-order valence-corrected chi connectivity index (χ1v) is 18.4. The molecule has 0 N–H and O–H groups in total. The van der Waals surface area contributed by atoms with E-state index >= 15 is 0 Å². The lowest BCUT2D eigenvalue weighted by atomic mass is 9.60. The van der Waals surface area contributed by atoms with Crippen LogP contribution in [0.15, 0.2) is 198 Å². The fraction of sp³-hybridized carbons (Fsp3) is 0.0400. The number of hydrogen-bond acceptors (Lipinski definition) is 3. The van der Waals surface area contributed by atoms with Crippen LogP contribution in [0.25, 0.3) is 49.4 Å². The highest BCUT2D eigenvalue weighted by atomic mass is 16.5. The molecule has 11 rings (SSSR count). The molecule has 9 aromatic rings. The van der Waals surface area contributed by atoms with Crippen molar-refractivity contribution < 1.29 is 9.15 Å². The number of fused-ring (bicyclic) bond motifs is 12. The second-order valence-corrected chi connectivity index (χ2v) is 14.1. The SMILES string of the molecule is C=C/C=C\C1=C(C)Oc2cc3c(cc2C12c1ccccc1N(c1ccccc1)c1ccccc12)c1ccccc1n3-c1ccc2oc3ccccc3c2c1. The van der Waals surface area contributed by atoms with E-state index in [1.54, 1.807) is 0 Å². The summed E-state index contributed by atoms with van der Waals surface area (Å²) in [4.78, 5) is 2.40. The lowest BCUT2D eigenvalue weighted by Crippen LogP contribution is -2.40. The van der Waals surface area contributed by atoms with Gasteiger partial charge in [-0.3, -0.25) is 0 Å². The van der Waals surface area contributed by atoms with Crippen LogP contribution in [-0.4, -0.2) is 4.57 Å². The zero-order valence-electron chi connectivity index (χ0n) is 29.7. The predicted octanol–water partition coefficient (Wildman–Crippen LogP) is 13.2. The molecule has 0 unspecified atom stereocenters. The lowest BCUT2D eigenvalue weighted by molar-refractivity contribution is 0.386. The van der Waals surface area contributed by atoms with Crippen molar-refractivity contribution in [1.29, 1.82) is 0 Å². The molecule has 0 radical (unpaired) electrons. The second-order valence-electron chi connectivity index (χ2n) is 14.1. The number of anilines is 3. The summed E-state index contributed by atoms with van der Waals surface area (Å²) in [5.74, 6) is 1.69. The number of allylic oxidation sites excluding steroid dienone is 5. The van der Waals surface area contributed by atoms with E-state index in [1.165, 1.54) is 16.5 Å². The van der Waals surface area contributed by atoms with Crippen molar-refractivity contribution in [3.05, 3.63) is 211 Å². The lowest BCUT2D eigenvalue weighted by Gasteiger charge is -2.49. The van der Waals surface area contributed by atoms with E-state index in [-0.39, 0.29) is 0 Å². The maximum atomic E-state index is 6.97. The Bertz CT molecular complexity index is 3020. The number of furan rings is 1. The maximum Gasteiger partial charge on any atom is 0.135 e. The smallest absolute Gasteiger partial charge is 0.135 e. The maximum absolute atomic E-state index is 6.97. The molecule has 0 fully saturated rings. The minimum Gasteiger partial charge on any atom is -0.461 e. The van der Waals surface area contributed by atoms with Crippen molar-refractivity contribution in [2.75, 3.05) is 4.90 Å². The summed E-state index contributed by atoms with van der Waals surface area (Å²) in [5.41, 5.74) is 12.3. The first-order chi connectivity index (χ1) is 26.7. The highest BCUT2D eigenvalue weighted by Crippen LogP contribution is 2.62. The third-order valence-corrected chi connectivity index (χ3v) is 11.4. The van der Waals surface area contributed by atoms with Gasteiger partial charge in [0.1, 0.15) is 22.7 Å². The van der Waals surface area contributed by atoms with Crippen LogP contribution in [0.1, 0.15) is 23.6 Å². The first kappa shape index (κ1) is 30.6. The molecule has 2 aliphatic heterocycles. The molecule has 0 saturated carbocycles. The number of aromatic nitrogens is 1.